The molecule has 110 valence electrons. The Hall–Kier alpha value is -1.14. The molecule has 0 spiro atoms. The standard InChI is InChI=1S/C13H25N3O3/c1-9(2)16-12(17)8-14-10(3)13(18)15-7-11-5-4-6-19-11/h9-11,14H,4-8H2,1-3H3,(H,15,18)(H,16,17)/t10-,11-/m1/s1. The summed E-state index contributed by atoms with van der Waals surface area (Å²) in [6.07, 6.45) is 2.20. The van der Waals surface area contributed by atoms with Gasteiger partial charge in [-0.25, -0.2) is 0 Å². The van der Waals surface area contributed by atoms with E-state index in [1.54, 1.807) is 6.92 Å². The summed E-state index contributed by atoms with van der Waals surface area (Å²) in [7, 11) is 0. The zero-order valence-electron chi connectivity index (χ0n) is 12.0. The lowest BCUT2D eigenvalue weighted by molar-refractivity contribution is -0.124. The fourth-order valence-electron chi connectivity index (χ4n) is 1.88. The van der Waals surface area contributed by atoms with Crippen molar-refractivity contribution in [1.29, 1.82) is 0 Å². The highest BCUT2D eigenvalue weighted by Gasteiger charge is 2.18. The molecule has 0 radical (unpaired) electrons. The Morgan fingerprint density at radius 1 is 1.32 bits per heavy atom. The minimum Gasteiger partial charge on any atom is -0.376 e. The normalized spacial score (nSPS) is 20.3. The van der Waals surface area contributed by atoms with Gasteiger partial charge in [0, 0.05) is 19.2 Å². The maximum atomic E-state index is 11.8. The minimum absolute atomic E-state index is 0.103. The monoisotopic (exact) mass is 271 g/mol. The van der Waals surface area contributed by atoms with E-state index in [1.165, 1.54) is 0 Å². The van der Waals surface area contributed by atoms with E-state index in [9.17, 15) is 9.59 Å². The van der Waals surface area contributed by atoms with Crippen LogP contribution in [-0.2, 0) is 14.3 Å². The van der Waals surface area contributed by atoms with Gasteiger partial charge in [0.15, 0.2) is 0 Å². The van der Waals surface area contributed by atoms with Crippen molar-refractivity contribution < 1.29 is 14.3 Å². The van der Waals surface area contributed by atoms with Crippen LogP contribution in [-0.4, -0.2) is 49.7 Å². The van der Waals surface area contributed by atoms with Crippen molar-refractivity contribution in [3.8, 4) is 0 Å². The van der Waals surface area contributed by atoms with Crippen molar-refractivity contribution in [3.05, 3.63) is 0 Å². The van der Waals surface area contributed by atoms with Gasteiger partial charge in [-0.1, -0.05) is 0 Å². The van der Waals surface area contributed by atoms with Gasteiger partial charge < -0.3 is 15.4 Å². The molecule has 1 aliphatic rings. The third kappa shape index (κ3) is 6.54. The Balaban J connectivity index is 2.15. The van der Waals surface area contributed by atoms with Gasteiger partial charge >= 0.3 is 0 Å². The average Bonchev–Trinajstić information content (AvgIpc) is 2.85. The summed E-state index contributed by atoms with van der Waals surface area (Å²) in [4.78, 5) is 23.2. The first-order chi connectivity index (χ1) is 8.99. The van der Waals surface area contributed by atoms with E-state index < -0.39 is 0 Å². The molecule has 1 saturated heterocycles. The Morgan fingerprint density at radius 2 is 2.05 bits per heavy atom. The summed E-state index contributed by atoms with van der Waals surface area (Å²) in [6, 6.07) is -0.280. The molecule has 0 aromatic rings. The number of hydrogen-bond donors (Lipinski definition) is 3. The average molecular weight is 271 g/mol. The molecule has 1 rings (SSSR count). The van der Waals surface area contributed by atoms with E-state index in [2.05, 4.69) is 16.0 Å². The van der Waals surface area contributed by atoms with Crippen LogP contribution in [0.15, 0.2) is 0 Å². The van der Waals surface area contributed by atoms with Crippen LogP contribution in [0.3, 0.4) is 0 Å². The van der Waals surface area contributed by atoms with Gasteiger partial charge in [0.1, 0.15) is 0 Å². The number of hydrogen-bond acceptors (Lipinski definition) is 4. The molecule has 2 atom stereocenters. The van der Waals surface area contributed by atoms with E-state index in [1.807, 2.05) is 13.8 Å². The molecule has 6 nitrogen and oxygen atoms in total. The second-order valence-electron chi connectivity index (χ2n) is 5.20. The molecule has 0 unspecified atom stereocenters. The number of rotatable bonds is 7. The van der Waals surface area contributed by atoms with Gasteiger partial charge in [-0.05, 0) is 33.6 Å². The quantitative estimate of drug-likeness (QED) is 0.598. The number of amides is 2. The summed E-state index contributed by atoms with van der Waals surface area (Å²) in [5.74, 6) is -0.207. The van der Waals surface area contributed by atoms with Crippen LogP contribution < -0.4 is 16.0 Å². The van der Waals surface area contributed by atoms with Gasteiger partial charge in [0.2, 0.25) is 11.8 Å². The van der Waals surface area contributed by atoms with Crippen LogP contribution in [0.4, 0.5) is 0 Å². The molecule has 1 heterocycles. The highest BCUT2D eigenvalue weighted by Crippen LogP contribution is 2.10. The highest BCUT2D eigenvalue weighted by molar-refractivity contribution is 5.83. The van der Waals surface area contributed by atoms with Crippen molar-refractivity contribution in [2.24, 2.45) is 0 Å². The van der Waals surface area contributed by atoms with Crippen LogP contribution in [0.2, 0.25) is 0 Å². The summed E-state index contributed by atoms with van der Waals surface area (Å²) in [5, 5.41) is 8.49. The molecule has 1 fully saturated rings. The van der Waals surface area contributed by atoms with Gasteiger partial charge in [-0.2, -0.15) is 0 Å². The molecular formula is C13H25N3O3. The molecule has 0 aromatic heterocycles. The van der Waals surface area contributed by atoms with Crippen molar-refractivity contribution in [3.63, 3.8) is 0 Å². The predicted molar refractivity (Wildman–Crippen MR) is 72.7 cm³/mol. The van der Waals surface area contributed by atoms with E-state index in [0.29, 0.717) is 6.54 Å². The van der Waals surface area contributed by atoms with Gasteiger partial charge in [-0.3, -0.25) is 14.9 Å². The van der Waals surface area contributed by atoms with Crippen molar-refractivity contribution in [2.45, 2.75) is 51.8 Å². The smallest absolute Gasteiger partial charge is 0.236 e. The molecule has 6 heteroatoms. The molecule has 1 aliphatic heterocycles. The Bertz CT molecular complexity index is 302. The molecule has 0 aliphatic carbocycles. The first kappa shape index (κ1) is 15.9. The Morgan fingerprint density at radius 3 is 2.63 bits per heavy atom. The van der Waals surface area contributed by atoms with Crippen LogP contribution in [0.1, 0.15) is 33.6 Å². The number of ether oxygens (including phenoxy) is 1. The first-order valence-corrected chi connectivity index (χ1v) is 6.91. The summed E-state index contributed by atoms with van der Waals surface area (Å²) < 4.78 is 5.43. The van der Waals surface area contributed by atoms with E-state index in [4.69, 9.17) is 4.74 Å². The Labute approximate surface area is 114 Å². The topological polar surface area (TPSA) is 79.5 Å². The van der Waals surface area contributed by atoms with Gasteiger partial charge in [-0.15, -0.1) is 0 Å². The Kier molecular flexibility index (Phi) is 6.80. The van der Waals surface area contributed by atoms with Gasteiger partial charge in [0.25, 0.3) is 0 Å². The zero-order chi connectivity index (χ0) is 14.3. The molecular weight excluding hydrogens is 246 g/mol. The molecule has 0 bridgehead atoms. The van der Waals surface area contributed by atoms with Crippen LogP contribution in [0.25, 0.3) is 0 Å². The largest absolute Gasteiger partial charge is 0.376 e. The third-order valence-electron chi connectivity index (χ3n) is 2.94. The maximum absolute atomic E-state index is 11.8. The summed E-state index contributed by atoms with van der Waals surface area (Å²) in [5.41, 5.74) is 0. The molecule has 0 saturated carbocycles. The van der Waals surface area contributed by atoms with Crippen LogP contribution >= 0.6 is 0 Å². The lowest BCUT2D eigenvalue weighted by atomic mass is 10.2. The highest BCUT2D eigenvalue weighted by atomic mass is 16.5. The molecule has 3 N–H and O–H groups in total. The minimum atomic E-state index is -0.390. The van der Waals surface area contributed by atoms with Crippen LogP contribution in [0, 0.1) is 0 Å². The van der Waals surface area contributed by atoms with Crippen molar-refractivity contribution in [1.82, 2.24) is 16.0 Å². The molecule has 19 heavy (non-hydrogen) atoms. The maximum Gasteiger partial charge on any atom is 0.236 e. The first-order valence-electron chi connectivity index (χ1n) is 6.91. The fraction of sp³-hybridized carbons (Fsp3) is 0.846. The second kappa shape index (κ2) is 8.12. The van der Waals surface area contributed by atoms with Crippen LogP contribution in [0.5, 0.6) is 0 Å². The summed E-state index contributed by atoms with van der Waals surface area (Å²) >= 11 is 0. The van der Waals surface area contributed by atoms with Crippen molar-refractivity contribution >= 4 is 11.8 Å². The lowest BCUT2D eigenvalue weighted by Gasteiger charge is -2.16. The van der Waals surface area contributed by atoms with Gasteiger partial charge in [0.05, 0.1) is 18.7 Å². The second-order valence-corrected chi connectivity index (χ2v) is 5.20. The van der Waals surface area contributed by atoms with E-state index in [0.717, 1.165) is 19.4 Å². The number of carbonyl (C=O) groups is 2. The van der Waals surface area contributed by atoms with E-state index in [-0.39, 0.29) is 36.5 Å². The third-order valence-corrected chi connectivity index (χ3v) is 2.94. The lowest BCUT2D eigenvalue weighted by Crippen LogP contribution is -2.48. The van der Waals surface area contributed by atoms with E-state index >= 15 is 0 Å². The number of nitrogens with one attached hydrogen (secondary N) is 3. The molecule has 0 aromatic carbocycles. The summed E-state index contributed by atoms with van der Waals surface area (Å²) in [6.45, 7) is 7.01. The van der Waals surface area contributed by atoms with Crippen molar-refractivity contribution in [2.75, 3.05) is 19.7 Å². The molecule has 2 amide bonds. The SMILES string of the molecule is CC(C)NC(=O)CN[C@H](C)C(=O)NC[C@H]1CCCO1. The fourth-order valence-corrected chi connectivity index (χ4v) is 1.88. The predicted octanol–water partition coefficient (Wildman–Crippen LogP) is -0.216. The zero-order valence-corrected chi connectivity index (χ0v) is 12.0. The number of carbonyl (C=O) groups excluding carboxylic acids is 2.